The van der Waals surface area contributed by atoms with Crippen molar-refractivity contribution < 1.29 is 24.2 Å². The summed E-state index contributed by atoms with van der Waals surface area (Å²) in [5, 5.41) is 20.2. The van der Waals surface area contributed by atoms with Crippen LogP contribution in [0.15, 0.2) is 18.2 Å². The number of aromatic carboxylic acids is 1. The van der Waals surface area contributed by atoms with Gasteiger partial charge in [0.2, 0.25) is 0 Å². The van der Waals surface area contributed by atoms with Crippen LogP contribution in [0.4, 0.5) is 14.9 Å². The minimum absolute atomic E-state index is 0.0661. The minimum atomic E-state index is -1.30. The highest BCUT2D eigenvalue weighted by Gasteiger charge is 2.27. The molecular weight excluding hydrogens is 279 g/mol. The molecule has 114 valence electrons. The summed E-state index contributed by atoms with van der Waals surface area (Å²) in [6, 6.07) is 3.09. The molecule has 1 heterocycles. The van der Waals surface area contributed by atoms with Crippen molar-refractivity contribution in [2.75, 3.05) is 25.0 Å². The van der Waals surface area contributed by atoms with Gasteiger partial charge in [0.05, 0.1) is 11.3 Å². The minimum Gasteiger partial charge on any atom is -0.478 e. The molecule has 0 saturated carbocycles. The topological polar surface area (TPSA) is 89.9 Å². The number of urea groups is 1. The lowest BCUT2D eigenvalue weighted by Crippen LogP contribution is -2.33. The zero-order valence-corrected chi connectivity index (χ0v) is 11.4. The van der Waals surface area contributed by atoms with E-state index in [1.165, 1.54) is 17.0 Å². The maximum atomic E-state index is 13.7. The van der Waals surface area contributed by atoms with Gasteiger partial charge in [-0.3, -0.25) is 0 Å². The number of aliphatic hydroxyl groups is 1. The van der Waals surface area contributed by atoms with Crippen molar-refractivity contribution in [1.82, 2.24) is 4.90 Å². The first-order chi connectivity index (χ1) is 10.0. The van der Waals surface area contributed by atoms with Crippen LogP contribution in [0, 0.1) is 11.7 Å². The molecule has 1 aromatic carbocycles. The number of amides is 2. The predicted octanol–water partition coefficient (Wildman–Crippen LogP) is 1.76. The average molecular weight is 296 g/mol. The molecule has 0 bridgehead atoms. The Morgan fingerprint density at radius 2 is 2.19 bits per heavy atom. The fourth-order valence-electron chi connectivity index (χ4n) is 2.45. The first kappa shape index (κ1) is 15.2. The normalized spacial score (nSPS) is 17.8. The first-order valence-corrected chi connectivity index (χ1v) is 6.71. The number of para-hydroxylation sites is 1. The van der Waals surface area contributed by atoms with E-state index in [0.717, 1.165) is 12.5 Å². The number of nitrogens with one attached hydrogen (secondary N) is 1. The van der Waals surface area contributed by atoms with Gasteiger partial charge < -0.3 is 20.4 Å². The van der Waals surface area contributed by atoms with Crippen LogP contribution in [-0.4, -0.2) is 46.8 Å². The van der Waals surface area contributed by atoms with Gasteiger partial charge in [-0.1, -0.05) is 6.07 Å². The number of nitrogens with zero attached hydrogens (tertiary/aromatic N) is 1. The fraction of sp³-hybridized carbons (Fsp3) is 0.429. The van der Waals surface area contributed by atoms with Gasteiger partial charge in [-0.25, -0.2) is 14.0 Å². The summed E-state index contributed by atoms with van der Waals surface area (Å²) in [6.45, 7) is 1.05. The fourth-order valence-corrected chi connectivity index (χ4v) is 2.45. The number of likely N-dealkylation sites (tertiary alicyclic amines) is 1. The van der Waals surface area contributed by atoms with Crippen LogP contribution >= 0.6 is 0 Å². The van der Waals surface area contributed by atoms with Gasteiger partial charge in [-0.2, -0.15) is 0 Å². The second-order valence-corrected chi connectivity index (χ2v) is 5.01. The van der Waals surface area contributed by atoms with Crippen molar-refractivity contribution in [2.24, 2.45) is 5.92 Å². The number of benzene rings is 1. The average Bonchev–Trinajstić information content (AvgIpc) is 2.90. The highest BCUT2D eigenvalue weighted by atomic mass is 19.1. The molecule has 21 heavy (non-hydrogen) atoms. The third-order valence-corrected chi connectivity index (χ3v) is 3.59. The maximum Gasteiger partial charge on any atom is 0.337 e. The van der Waals surface area contributed by atoms with Crippen molar-refractivity contribution in [1.29, 1.82) is 0 Å². The molecule has 1 saturated heterocycles. The lowest BCUT2D eigenvalue weighted by atomic mass is 10.1. The third kappa shape index (κ3) is 3.49. The molecule has 1 atom stereocenters. The Balaban J connectivity index is 2.09. The summed E-state index contributed by atoms with van der Waals surface area (Å²) in [4.78, 5) is 24.6. The second-order valence-electron chi connectivity index (χ2n) is 5.01. The van der Waals surface area contributed by atoms with Gasteiger partial charge >= 0.3 is 12.0 Å². The molecule has 1 aliphatic heterocycles. The molecule has 1 aromatic rings. The Labute approximate surface area is 121 Å². The van der Waals surface area contributed by atoms with Gasteiger partial charge in [-0.05, 0) is 30.9 Å². The lowest BCUT2D eigenvalue weighted by Gasteiger charge is -2.18. The van der Waals surface area contributed by atoms with E-state index in [1.807, 2.05) is 0 Å². The van der Waals surface area contributed by atoms with Crippen LogP contribution in [0.25, 0.3) is 0 Å². The van der Waals surface area contributed by atoms with Crippen LogP contribution in [0.2, 0.25) is 0 Å². The molecule has 0 radical (unpaired) electrons. The number of rotatable bonds is 4. The van der Waals surface area contributed by atoms with Crippen molar-refractivity contribution in [3.05, 3.63) is 29.6 Å². The lowest BCUT2D eigenvalue weighted by molar-refractivity contribution is 0.0697. The molecule has 2 rings (SSSR count). The molecule has 3 N–H and O–H groups in total. The molecule has 2 amide bonds. The van der Waals surface area contributed by atoms with Gasteiger partial charge in [-0.15, -0.1) is 0 Å². The van der Waals surface area contributed by atoms with E-state index in [-0.39, 0.29) is 23.8 Å². The van der Waals surface area contributed by atoms with Crippen molar-refractivity contribution in [2.45, 2.75) is 12.8 Å². The highest BCUT2D eigenvalue weighted by molar-refractivity contribution is 6.00. The van der Waals surface area contributed by atoms with Crippen LogP contribution in [0.1, 0.15) is 23.2 Å². The monoisotopic (exact) mass is 296 g/mol. The summed E-state index contributed by atoms with van der Waals surface area (Å²) < 4.78 is 13.7. The third-order valence-electron chi connectivity index (χ3n) is 3.59. The van der Waals surface area contributed by atoms with E-state index in [9.17, 15) is 14.0 Å². The molecule has 0 aromatic heterocycles. The summed E-state index contributed by atoms with van der Waals surface area (Å²) >= 11 is 0. The standard InChI is InChI=1S/C14H17FN2O4/c15-11-3-1-2-10(13(19)20)12(11)16-14(21)17-6-4-9(8-17)5-7-18/h1-3,9,18H,4-8H2,(H,16,21)(H,19,20). The van der Waals surface area contributed by atoms with Crippen molar-refractivity contribution in [3.8, 4) is 0 Å². The molecule has 1 unspecified atom stereocenters. The van der Waals surface area contributed by atoms with Crippen LogP contribution in [-0.2, 0) is 0 Å². The molecule has 7 heteroatoms. The van der Waals surface area contributed by atoms with Crippen molar-refractivity contribution >= 4 is 17.7 Å². The molecular formula is C14H17FN2O4. The van der Waals surface area contributed by atoms with Crippen molar-refractivity contribution in [3.63, 3.8) is 0 Å². The number of hydrogen-bond acceptors (Lipinski definition) is 3. The molecule has 6 nitrogen and oxygen atoms in total. The summed E-state index contributed by atoms with van der Waals surface area (Å²) in [5.74, 6) is -1.86. The summed E-state index contributed by atoms with van der Waals surface area (Å²) in [7, 11) is 0. The maximum absolute atomic E-state index is 13.7. The Morgan fingerprint density at radius 3 is 2.86 bits per heavy atom. The Morgan fingerprint density at radius 1 is 1.43 bits per heavy atom. The highest BCUT2D eigenvalue weighted by Crippen LogP contribution is 2.23. The largest absolute Gasteiger partial charge is 0.478 e. The van der Waals surface area contributed by atoms with Crippen LogP contribution < -0.4 is 5.32 Å². The number of anilines is 1. The number of hydrogen-bond donors (Lipinski definition) is 3. The number of halogens is 1. The molecule has 1 fully saturated rings. The quantitative estimate of drug-likeness (QED) is 0.789. The smallest absolute Gasteiger partial charge is 0.337 e. The summed E-state index contributed by atoms with van der Waals surface area (Å²) in [6.07, 6.45) is 1.39. The Kier molecular flexibility index (Phi) is 4.74. The van der Waals surface area contributed by atoms with E-state index in [4.69, 9.17) is 10.2 Å². The Hall–Kier alpha value is -2.15. The number of carbonyl (C=O) groups is 2. The van der Waals surface area contributed by atoms with Crippen LogP contribution in [0.3, 0.4) is 0 Å². The Bertz CT molecular complexity index is 550. The number of aliphatic hydroxyl groups excluding tert-OH is 1. The number of carboxylic acid groups (broad SMARTS) is 1. The van der Waals surface area contributed by atoms with Gasteiger partial charge in [0.25, 0.3) is 0 Å². The van der Waals surface area contributed by atoms with E-state index >= 15 is 0 Å². The first-order valence-electron chi connectivity index (χ1n) is 6.71. The van der Waals surface area contributed by atoms with Gasteiger partial charge in [0.15, 0.2) is 0 Å². The number of carboxylic acids is 1. The summed E-state index contributed by atoms with van der Waals surface area (Å²) in [5.41, 5.74) is -0.602. The van der Waals surface area contributed by atoms with E-state index in [0.29, 0.717) is 19.5 Å². The SMILES string of the molecule is O=C(O)c1cccc(F)c1NC(=O)N1CCC(CCO)C1. The van der Waals surface area contributed by atoms with E-state index < -0.39 is 17.8 Å². The molecule has 0 aliphatic carbocycles. The zero-order chi connectivity index (χ0) is 15.4. The van der Waals surface area contributed by atoms with E-state index in [1.54, 1.807) is 0 Å². The zero-order valence-electron chi connectivity index (χ0n) is 11.4. The second kappa shape index (κ2) is 6.53. The van der Waals surface area contributed by atoms with E-state index in [2.05, 4.69) is 5.32 Å². The van der Waals surface area contributed by atoms with Gasteiger partial charge in [0.1, 0.15) is 5.82 Å². The molecule has 1 aliphatic rings. The predicted molar refractivity (Wildman–Crippen MR) is 73.8 cm³/mol. The van der Waals surface area contributed by atoms with Gasteiger partial charge in [0, 0.05) is 19.7 Å². The molecule has 0 spiro atoms. The number of carbonyl (C=O) groups excluding carboxylic acids is 1. The van der Waals surface area contributed by atoms with Crippen LogP contribution in [0.5, 0.6) is 0 Å².